The predicted octanol–water partition coefficient (Wildman–Crippen LogP) is 1.69. The molecule has 10 nitrogen and oxygen atoms in total. The van der Waals surface area contributed by atoms with E-state index in [2.05, 4.69) is 0 Å². The molecular weight excluding hydrogens is 520 g/mol. The van der Waals surface area contributed by atoms with Crippen molar-refractivity contribution >= 4 is 38.1 Å². The van der Waals surface area contributed by atoms with Gasteiger partial charge < -0.3 is 39.4 Å². The van der Waals surface area contributed by atoms with Gasteiger partial charge in [0.25, 0.3) is 0 Å². The van der Waals surface area contributed by atoms with E-state index in [0.717, 1.165) is 0 Å². The number of phenols is 1. The number of aromatic hydroxyl groups is 1. The second kappa shape index (κ2) is 7.25. The molecule has 4 aromatic carbocycles. The second-order valence-corrected chi connectivity index (χ2v) is 11.5. The zero-order chi connectivity index (χ0) is 28.8. The van der Waals surface area contributed by atoms with Crippen LogP contribution >= 0.6 is 0 Å². The summed E-state index contributed by atoms with van der Waals surface area (Å²) in [7, 11) is 5.44. The zero-order valence-corrected chi connectivity index (χ0v) is 22.8. The van der Waals surface area contributed by atoms with E-state index in [1.165, 1.54) is 40.6 Å². The normalized spacial score (nSPS) is 30.1. The van der Waals surface area contributed by atoms with Crippen LogP contribution in [-0.2, 0) is 10.2 Å². The van der Waals surface area contributed by atoms with Gasteiger partial charge in [0.1, 0.15) is 17.6 Å². The van der Waals surface area contributed by atoms with E-state index in [9.17, 15) is 30.0 Å². The Morgan fingerprint density at radius 1 is 0.850 bits per heavy atom. The van der Waals surface area contributed by atoms with E-state index in [1.807, 2.05) is 0 Å². The highest BCUT2D eigenvalue weighted by Gasteiger charge is 2.74. The maximum Gasteiger partial charge on any atom is 0.231 e. The number of hydrogen-bond donors (Lipinski definition) is 4. The summed E-state index contributed by atoms with van der Waals surface area (Å²) < 4.78 is 22.7. The maximum atomic E-state index is 13.8. The fourth-order valence-corrected chi connectivity index (χ4v) is 8.65. The maximum absolute atomic E-state index is 13.8. The minimum absolute atomic E-state index is 0.0280. The van der Waals surface area contributed by atoms with Gasteiger partial charge in [-0.3, -0.25) is 9.59 Å². The third kappa shape index (κ3) is 2.32. The smallest absolute Gasteiger partial charge is 0.231 e. The van der Waals surface area contributed by atoms with Gasteiger partial charge in [0.2, 0.25) is 5.43 Å². The number of phenolic OH excluding ortho intramolecular Hbond substituents is 1. The third-order valence-electron chi connectivity index (χ3n) is 9.78. The number of hydrogen-bond acceptors (Lipinski definition) is 10. The monoisotopic (exact) mass is 548 g/mol. The van der Waals surface area contributed by atoms with Crippen LogP contribution in [-0.4, -0.2) is 66.2 Å². The molecule has 5 atom stereocenters. The van der Waals surface area contributed by atoms with E-state index in [1.54, 1.807) is 13.8 Å². The number of aliphatic hydroxyl groups is 3. The Labute approximate surface area is 226 Å². The van der Waals surface area contributed by atoms with Crippen LogP contribution in [0.15, 0.2) is 21.7 Å². The van der Waals surface area contributed by atoms with Crippen LogP contribution in [0.3, 0.4) is 0 Å². The minimum atomic E-state index is -1.78. The van der Waals surface area contributed by atoms with E-state index >= 15 is 0 Å². The Morgan fingerprint density at radius 3 is 2.12 bits per heavy atom. The minimum Gasteiger partial charge on any atom is -0.509 e. The summed E-state index contributed by atoms with van der Waals surface area (Å²) in [6.07, 6.45) is -1.31. The molecule has 7 rings (SSSR count). The van der Waals surface area contributed by atoms with Gasteiger partial charge in [0.15, 0.2) is 22.7 Å². The fraction of sp³-hybridized carbons (Fsp3) is 0.400. The van der Waals surface area contributed by atoms with Crippen LogP contribution in [0.4, 0.5) is 0 Å². The van der Waals surface area contributed by atoms with Gasteiger partial charge in [-0.05, 0) is 42.7 Å². The summed E-state index contributed by atoms with van der Waals surface area (Å²) in [4.78, 5) is 27.3. The summed E-state index contributed by atoms with van der Waals surface area (Å²) >= 11 is 0. The molecule has 1 saturated carbocycles. The summed E-state index contributed by atoms with van der Waals surface area (Å²) in [6, 6.07) is 2.77. The van der Waals surface area contributed by atoms with Crippen molar-refractivity contribution < 1.29 is 39.4 Å². The molecule has 4 N–H and O–H groups in total. The van der Waals surface area contributed by atoms with Crippen molar-refractivity contribution in [2.24, 2.45) is 0 Å². The highest BCUT2D eigenvalue weighted by atomic mass is 16.5. The summed E-state index contributed by atoms with van der Waals surface area (Å²) in [5.74, 6) is -1.80. The van der Waals surface area contributed by atoms with Crippen molar-refractivity contribution in [3.05, 3.63) is 48.9 Å². The molecule has 3 aliphatic rings. The molecule has 0 aromatic heterocycles. The highest BCUT2D eigenvalue weighted by molar-refractivity contribution is 6.29. The number of aliphatic hydroxyl groups excluding tert-OH is 1. The van der Waals surface area contributed by atoms with Crippen molar-refractivity contribution in [2.75, 3.05) is 28.4 Å². The number of ether oxygens (including phenoxy) is 4. The van der Waals surface area contributed by atoms with E-state index in [4.69, 9.17) is 18.9 Å². The molecule has 40 heavy (non-hydrogen) atoms. The van der Waals surface area contributed by atoms with Crippen molar-refractivity contribution in [3.63, 3.8) is 0 Å². The van der Waals surface area contributed by atoms with Gasteiger partial charge in [0, 0.05) is 40.8 Å². The number of methoxy groups -OCH3 is 4. The molecule has 0 saturated heterocycles. The lowest BCUT2D eigenvalue weighted by Crippen LogP contribution is -2.61. The Hall–Kier alpha value is -3.86. The number of fused-ring (bicyclic) bond motifs is 3. The van der Waals surface area contributed by atoms with Crippen LogP contribution in [0.25, 0.3) is 38.1 Å². The Morgan fingerprint density at radius 2 is 1.52 bits per heavy atom. The SMILES string of the molecule is COc1c2c3c4c5c(c(=O)c(OC)cc5c5c(OC)cc(=O)c(c1O)c35)=C(O)C(OC)C41CC(C)(O)C2C1(C)O. The molecule has 3 aliphatic carbocycles. The van der Waals surface area contributed by atoms with Gasteiger partial charge in [-0.25, -0.2) is 0 Å². The first-order valence-corrected chi connectivity index (χ1v) is 12.8. The molecule has 0 heterocycles. The topological polar surface area (TPSA) is 152 Å². The Kier molecular flexibility index (Phi) is 4.56. The van der Waals surface area contributed by atoms with E-state index in [0.29, 0.717) is 38.1 Å². The lowest BCUT2D eigenvalue weighted by Gasteiger charge is -2.52. The summed E-state index contributed by atoms with van der Waals surface area (Å²) in [5, 5.41) is 49.6. The second-order valence-electron chi connectivity index (χ2n) is 11.5. The number of rotatable bonds is 4. The molecule has 208 valence electrons. The zero-order valence-electron chi connectivity index (χ0n) is 22.8. The van der Waals surface area contributed by atoms with E-state index < -0.39 is 51.0 Å². The van der Waals surface area contributed by atoms with Crippen molar-refractivity contribution in [1.29, 1.82) is 0 Å². The molecule has 1 fully saturated rings. The Bertz CT molecular complexity index is 2010. The van der Waals surface area contributed by atoms with Gasteiger partial charge in [0.05, 0.1) is 48.6 Å². The lowest BCUT2D eigenvalue weighted by atomic mass is 9.55. The fourth-order valence-electron chi connectivity index (χ4n) is 8.65. The molecular formula is C30H28O10. The largest absolute Gasteiger partial charge is 0.509 e. The molecule has 10 heteroatoms. The average Bonchev–Trinajstić information content (AvgIpc) is 2.98. The van der Waals surface area contributed by atoms with Crippen molar-refractivity contribution in [2.45, 2.75) is 48.9 Å². The Balaban J connectivity index is 1.99. The third-order valence-corrected chi connectivity index (χ3v) is 9.78. The van der Waals surface area contributed by atoms with Gasteiger partial charge >= 0.3 is 0 Å². The highest BCUT2D eigenvalue weighted by Crippen LogP contribution is 2.71. The average molecular weight is 549 g/mol. The summed E-state index contributed by atoms with van der Waals surface area (Å²) in [6.45, 7) is 3.13. The van der Waals surface area contributed by atoms with Gasteiger partial charge in [-0.2, -0.15) is 0 Å². The molecule has 0 radical (unpaired) electrons. The van der Waals surface area contributed by atoms with Crippen molar-refractivity contribution in [1.82, 2.24) is 0 Å². The van der Waals surface area contributed by atoms with Crippen molar-refractivity contribution in [3.8, 4) is 23.0 Å². The first-order chi connectivity index (χ1) is 18.8. The first-order valence-electron chi connectivity index (χ1n) is 12.8. The van der Waals surface area contributed by atoms with Crippen LogP contribution in [0.2, 0.25) is 0 Å². The van der Waals surface area contributed by atoms with Crippen LogP contribution in [0.1, 0.15) is 37.3 Å². The lowest BCUT2D eigenvalue weighted by molar-refractivity contribution is -0.0800. The summed E-state index contributed by atoms with van der Waals surface area (Å²) in [5.41, 5.74) is -5.22. The first kappa shape index (κ1) is 25.1. The molecule has 1 spiro atoms. The molecule has 0 aliphatic heterocycles. The van der Waals surface area contributed by atoms with Crippen LogP contribution < -0.4 is 30.3 Å². The molecule has 2 bridgehead atoms. The van der Waals surface area contributed by atoms with Gasteiger partial charge in [-0.15, -0.1) is 0 Å². The molecule has 0 amide bonds. The predicted molar refractivity (Wildman–Crippen MR) is 146 cm³/mol. The van der Waals surface area contributed by atoms with E-state index in [-0.39, 0.29) is 34.3 Å². The molecule has 4 aromatic rings. The quantitative estimate of drug-likeness (QED) is 0.219. The van der Waals surface area contributed by atoms with Gasteiger partial charge in [-0.1, -0.05) is 0 Å². The number of benzene rings is 4. The molecule has 5 unspecified atom stereocenters. The van der Waals surface area contributed by atoms with Crippen LogP contribution in [0, 0.1) is 0 Å². The van der Waals surface area contributed by atoms with Crippen LogP contribution in [0.5, 0.6) is 23.0 Å². The standard InChI is InChI=1S/C30H28O10/c1-28(35)9-30-21-15-10(7-13(38-4)22(32)19(15)24(34)27(30)40-6)14-12(37-3)8-11(31)16-17(14)18(21)20(25(39-5)23(16)33)26(28)29(30,2)36/h7-8,26-27,33-36H,9H2,1-6H3.